The van der Waals surface area contributed by atoms with Gasteiger partial charge in [-0.1, -0.05) is 36.1 Å². The molecule has 0 spiro atoms. The fourth-order valence-electron chi connectivity index (χ4n) is 2.02. The molecule has 1 aromatic heterocycles. The monoisotopic (exact) mass is 395 g/mol. The number of anilines is 1. The van der Waals surface area contributed by atoms with E-state index in [4.69, 9.17) is 21.4 Å². The first-order valence-electron chi connectivity index (χ1n) is 6.26. The van der Waals surface area contributed by atoms with Gasteiger partial charge >= 0.3 is 0 Å². The second-order valence-corrected chi connectivity index (χ2v) is 6.79. The lowest BCUT2D eigenvalue weighted by Crippen LogP contribution is -2.27. The summed E-state index contributed by atoms with van der Waals surface area (Å²) in [6.07, 6.45) is 1.68. The zero-order chi connectivity index (χ0) is 15.7. The molecule has 4 nitrogen and oxygen atoms in total. The molecular weight excluding hydrogens is 386 g/mol. The highest BCUT2D eigenvalue weighted by Gasteiger charge is 2.35. The van der Waals surface area contributed by atoms with Crippen LogP contribution in [-0.2, 0) is 4.79 Å². The molecule has 0 atom stereocenters. The molecule has 3 rings (SSSR count). The van der Waals surface area contributed by atoms with E-state index in [9.17, 15) is 4.79 Å². The predicted molar refractivity (Wildman–Crippen MR) is 95.1 cm³/mol. The van der Waals surface area contributed by atoms with Gasteiger partial charge in [0.05, 0.1) is 17.7 Å². The molecule has 1 aromatic carbocycles. The van der Waals surface area contributed by atoms with Crippen molar-refractivity contribution in [2.75, 3.05) is 12.0 Å². The quantitative estimate of drug-likeness (QED) is 0.566. The Balaban J connectivity index is 1.97. The minimum absolute atomic E-state index is 0.188. The molecule has 1 fully saturated rings. The maximum Gasteiger partial charge on any atom is 0.271 e. The molecule has 0 saturated carbocycles. The van der Waals surface area contributed by atoms with Gasteiger partial charge in [-0.25, -0.2) is 0 Å². The van der Waals surface area contributed by atoms with E-state index < -0.39 is 0 Å². The van der Waals surface area contributed by atoms with Crippen LogP contribution < -0.4 is 9.64 Å². The van der Waals surface area contributed by atoms with Crippen LogP contribution in [0.2, 0.25) is 0 Å². The van der Waals surface area contributed by atoms with Crippen LogP contribution in [0.25, 0.3) is 6.08 Å². The van der Waals surface area contributed by atoms with Crippen molar-refractivity contribution in [1.29, 1.82) is 0 Å². The molecule has 7 heteroatoms. The van der Waals surface area contributed by atoms with Crippen molar-refractivity contribution >= 4 is 61.9 Å². The van der Waals surface area contributed by atoms with Gasteiger partial charge in [-0.05, 0) is 40.2 Å². The van der Waals surface area contributed by atoms with Crippen LogP contribution >= 0.6 is 39.9 Å². The summed E-state index contributed by atoms with van der Waals surface area (Å²) in [6.45, 7) is 0. The van der Waals surface area contributed by atoms with Crippen LogP contribution in [0.4, 0.5) is 5.69 Å². The van der Waals surface area contributed by atoms with Crippen LogP contribution in [0.5, 0.6) is 5.75 Å². The third-order valence-electron chi connectivity index (χ3n) is 2.99. The van der Waals surface area contributed by atoms with Crippen LogP contribution in [-0.4, -0.2) is 17.3 Å². The van der Waals surface area contributed by atoms with Crippen LogP contribution in [0.3, 0.4) is 0 Å². The maximum atomic E-state index is 12.6. The number of nitrogens with zero attached hydrogens (tertiary/aromatic N) is 1. The van der Waals surface area contributed by atoms with Crippen molar-refractivity contribution in [2.45, 2.75) is 0 Å². The molecule has 2 heterocycles. The summed E-state index contributed by atoms with van der Waals surface area (Å²) in [5.41, 5.74) is 0.636. The first-order chi connectivity index (χ1) is 10.6. The molecule has 0 radical (unpaired) electrons. The molecule has 112 valence electrons. The van der Waals surface area contributed by atoms with Gasteiger partial charge in [0.2, 0.25) is 0 Å². The van der Waals surface area contributed by atoms with Crippen molar-refractivity contribution < 1.29 is 13.9 Å². The number of halogens is 1. The van der Waals surface area contributed by atoms with E-state index in [-0.39, 0.29) is 5.91 Å². The Kier molecular flexibility index (Phi) is 4.37. The predicted octanol–water partition coefficient (Wildman–Crippen LogP) is 4.46. The van der Waals surface area contributed by atoms with E-state index in [2.05, 4.69) is 15.9 Å². The van der Waals surface area contributed by atoms with E-state index in [1.165, 1.54) is 16.7 Å². The number of hydrogen-bond donors (Lipinski definition) is 0. The second kappa shape index (κ2) is 6.28. The number of carbonyl (C=O) groups excluding carboxylic acids is 1. The minimum Gasteiger partial charge on any atom is -0.495 e. The number of para-hydroxylation sites is 2. The van der Waals surface area contributed by atoms with E-state index in [0.717, 1.165) is 0 Å². The van der Waals surface area contributed by atoms with Gasteiger partial charge < -0.3 is 9.15 Å². The second-order valence-electron chi connectivity index (χ2n) is 4.33. The number of methoxy groups -OCH3 is 1. The number of amides is 1. The number of furan rings is 1. The molecule has 1 aliphatic rings. The first-order valence-corrected chi connectivity index (χ1v) is 8.28. The lowest BCUT2D eigenvalue weighted by molar-refractivity contribution is -0.113. The number of hydrogen-bond acceptors (Lipinski definition) is 5. The van der Waals surface area contributed by atoms with Crippen molar-refractivity contribution in [3.63, 3.8) is 0 Å². The fraction of sp³-hybridized carbons (Fsp3) is 0.0667. The standard InChI is InChI=1S/C15H10BrNO3S2/c1-19-11-5-3-2-4-10(11)17-14(18)12(22-15(17)21)8-9-6-7-13(16)20-9/h2-8H,1H3/b12-8-. The van der Waals surface area contributed by atoms with E-state index in [0.29, 0.717) is 31.1 Å². The summed E-state index contributed by atoms with van der Waals surface area (Å²) < 4.78 is 11.8. The third kappa shape index (κ3) is 2.84. The number of carbonyl (C=O) groups is 1. The Hall–Kier alpha value is -1.57. The summed E-state index contributed by atoms with van der Waals surface area (Å²) in [5.74, 6) is 1.00. The summed E-state index contributed by atoms with van der Waals surface area (Å²) in [6, 6.07) is 10.8. The Labute approximate surface area is 145 Å². The summed E-state index contributed by atoms with van der Waals surface area (Å²) in [5, 5.41) is 0. The highest BCUT2D eigenvalue weighted by molar-refractivity contribution is 9.10. The number of thioether (sulfide) groups is 1. The van der Waals surface area contributed by atoms with Gasteiger partial charge in [0, 0.05) is 6.08 Å². The van der Waals surface area contributed by atoms with Crippen molar-refractivity contribution in [2.24, 2.45) is 0 Å². The van der Waals surface area contributed by atoms with Gasteiger partial charge in [-0.3, -0.25) is 9.69 Å². The van der Waals surface area contributed by atoms with Crippen molar-refractivity contribution in [3.8, 4) is 5.75 Å². The van der Waals surface area contributed by atoms with E-state index >= 15 is 0 Å². The SMILES string of the molecule is COc1ccccc1N1C(=O)/C(=C/c2ccc(Br)o2)SC1=S. The fourth-order valence-corrected chi connectivity index (χ4v) is 3.61. The van der Waals surface area contributed by atoms with Crippen LogP contribution in [0.15, 0.2) is 50.4 Å². The number of ether oxygens (including phenoxy) is 1. The molecule has 1 aliphatic heterocycles. The lowest BCUT2D eigenvalue weighted by Gasteiger charge is -2.17. The van der Waals surface area contributed by atoms with Gasteiger partial charge in [0.1, 0.15) is 11.5 Å². The largest absolute Gasteiger partial charge is 0.495 e. The summed E-state index contributed by atoms with van der Waals surface area (Å²) in [4.78, 5) is 14.6. The van der Waals surface area contributed by atoms with E-state index in [1.807, 2.05) is 12.1 Å². The average Bonchev–Trinajstić information content (AvgIpc) is 3.03. The molecule has 2 aromatic rings. The highest BCUT2D eigenvalue weighted by atomic mass is 79.9. The van der Waals surface area contributed by atoms with Gasteiger partial charge in [-0.2, -0.15) is 0 Å². The van der Waals surface area contributed by atoms with Crippen molar-refractivity contribution in [3.05, 3.63) is 51.7 Å². The molecule has 1 saturated heterocycles. The van der Waals surface area contributed by atoms with Gasteiger partial charge in [0.25, 0.3) is 5.91 Å². The molecule has 1 amide bonds. The summed E-state index contributed by atoms with van der Waals surface area (Å²) in [7, 11) is 1.56. The Morgan fingerprint density at radius 3 is 2.77 bits per heavy atom. The van der Waals surface area contributed by atoms with Crippen LogP contribution in [0, 0.1) is 0 Å². The normalized spacial score (nSPS) is 16.6. The molecule has 0 unspecified atom stereocenters. The Bertz CT molecular complexity index is 785. The van der Waals surface area contributed by atoms with Crippen molar-refractivity contribution in [1.82, 2.24) is 0 Å². The molecule has 0 bridgehead atoms. The highest BCUT2D eigenvalue weighted by Crippen LogP contribution is 2.39. The lowest BCUT2D eigenvalue weighted by atomic mass is 10.2. The van der Waals surface area contributed by atoms with Crippen LogP contribution in [0.1, 0.15) is 5.76 Å². The smallest absolute Gasteiger partial charge is 0.271 e. The zero-order valence-electron chi connectivity index (χ0n) is 11.4. The molecule has 22 heavy (non-hydrogen) atoms. The minimum atomic E-state index is -0.188. The topological polar surface area (TPSA) is 42.7 Å². The van der Waals surface area contributed by atoms with E-state index in [1.54, 1.807) is 37.5 Å². The number of thiocarbonyl (C=S) groups is 1. The molecular formula is C15H10BrNO3S2. The van der Waals surface area contributed by atoms with Gasteiger partial charge in [-0.15, -0.1) is 0 Å². The first kappa shape index (κ1) is 15.3. The average molecular weight is 396 g/mol. The molecule has 0 aliphatic carbocycles. The Morgan fingerprint density at radius 1 is 1.32 bits per heavy atom. The number of rotatable bonds is 3. The summed E-state index contributed by atoms with van der Waals surface area (Å²) >= 11 is 9.81. The van der Waals surface area contributed by atoms with Gasteiger partial charge in [0.15, 0.2) is 8.99 Å². The Morgan fingerprint density at radius 2 is 2.09 bits per heavy atom. The zero-order valence-corrected chi connectivity index (χ0v) is 14.6. The molecule has 0 N–H and O–H groups in total. The maximum absolute atomic E-state index is 12.6. The number of benzene rings is 1. The third-order valence-corrected chi connectivity index (χ3v) is 4.72.